The topological polar surface area (TPSA) is 67.5 Å². The number of nitrogens with zero attached hydrogens (tertiary/aromatic N) is 5. The number of morpholine rings is 1. The maximum Gasteiger partial charge on any atom is 0.246 e. The zero-order valence-electron chi connectivity index (χ0n) is 14.0. The Bertz CT molecular complexity index is 666. The fourth-order valence-corrected chi connectivity index (χ4v) is 3.38. The van der Waals surface area contributed by atoms with Crippen molar-refractivity contribution < 1.29 is 9.26 Å². The van der Waals surface area contributed by atoms with Crippen molar-refractivity contribution in [3.05, 3.63) is 35.6 Å². The second-order valence-corrected chi connectivity index (χ2v) is 6.46. The summed E-state index contributed by atoms with van der Waals surface area (Å²) in [7, 11) is 0. The molecule has 0 saturated carbocycles. The zero-order chi connectivity index (χ0) is 16.4. The van der Waals surface area contributed by atoms with Crippen LogP contribution in [0.15, 0.2) is 22.9 Å². The second kappa shape index (κ2) is 6.86. The van der Waals surface area contributed by atoms with Gasteiger partial charge in [-0.25, -0.2) is 4.98 Å². The Balaban J connectivity index is 1.46. The Morgan fingerprint density at radius 3 is 2.79 bits per heavy atom. The van der Waals surface area contributed by atoms with E-state index < -0.39 is 0 Å². The van der Waals surface area contributed by atoms with E-state index in [0.29, 0.717) is 18.3 Å². The van der Waals surface area contributed by atoms with Gasteiger partial charge in [0.1, 0.15) is 11.9 Å². The van der Waals surface area contributed by atoms with Gasteiger partial charge in [0.25, 0.3) is 0 Å². The van der Waals surface area contributed by atoms with Crippen LogP contribution in [0.3, 0.4) is 0 Å². The van der Waals surface area contributed by atoms with Crippen LogP contribution in [0.4, 0.5) is 5.82 Å². The van der Waals surface area contributed by atoms with Gasteiger partial charge in [-0.05, 0) is 31.4 Å². The molecule has 1 atom stereocenters. The number of ether oxygens (including phenoxy) is 1. The number of aryl methyl sites for hydroxylation is 1. The number of hydrogen-bond donors (Lipinski definition) is 0. The van der Waals surface area contributed by atoms with Crippen molar-refractivity contribution in [2.75, 3.05) is 37.7 Å². The van der Waals surface area contributed by atoms with Crippen molar-refractivity contribution in [3.8, 4) is 0 Å². The van der Waals surface area contributed by atoms with E-state index in [9.17, 15) is 0 Å². The Kier molecular flexibility index (Phi) is 4.44. The van der Waals surface area contributed by atoms with Gasteiger partial charge in [0.05, 0.1) is 13.2 Å². The first kappa shape index (κ1) is 15.5. The lowest BCUT2D eigenvalue weighted by atomic mass is 10.2. The summed E-state index contributed by atoms with van der Waals surface area (Å²) in [6.07, 6.45) is 4.52. The molecule has 2 fully saturated rings. The standard InChI is InChI=1S/C17H23N5O2/c1-13-19-17(24-20-13)15-12-23-9-8-22(15)11-14-4-5-16(18-10-14)21-6-2-3-7-21/h4-5,10,15H,2-3,6-9,11-12H2,1H3/t15-/m0/s1. The lowest BCUT2D eigenvalue weighted by molar-refractivity contribution is -0.0241. The van der Waals surface area contributed by atoms with Crippen molar-refractivity contribution in [1.29, 1.82) is 0 Å². The van der Waals surface area contributed by atoms with E-state index >= 15 is 0 Å². The van der Waals surface area contributed by atoms with Gasteiger partial charge in [-0.1, -0.05) is 11.2 Å². The molecular weight excluding hydrogens is 306 g/mol. The molecule has 2 aliphatic rings. The highest BCUT2D eigenvalue weighted by Gasteiger charge is 2.29. The summed E-state index contributed by atoms with van der Waals surface area (Å²) in [4.78, 5) is 13.7. The zero-order valence-corrected chi connectivity index (χ0v) is 14.0. The van der Waals surface area contributed by atoms with Crippen molar-refractivity contribution in [2.24, 2.45) is 0 Å². The smallest absolute Gasteiger partial charge is 0.246 e. The van der Waals surface area contributed by atoms with E-state index in [1.807, 2.05) is 13.1 Å². The fourth-order valence-electron chi connectivity index (χ4n) is 3.38. The quantitative estimate of drug-likeness (QED) is 0.849. The number of hydrogen-bond acceptors (Lipinski definition) is 7. The highest BCUT2D eigenvalue weighted by Crippen LogP contribution is 2.25. The molecule has 2 aromatic rings. The molecule has 0 radical (unpaired) electrons. The third-order valence-corrected chi connectivity index (χ3v) is 4.69. The highest BCUT2D eigenvalue weighted by atomic mass is 16.5. The lowest BCUT2D eigenvalue weighted by Crippen LogP contribution is -2.39. The molecule has 4 rings (SSSR count). The molecule has 7 nitrogen and oxygen atoms in total. The van der Waals surface area contributed by atoms with E-state index in [2.05, 4.69) is 37.1 Å². The summed E-state index contributed by atoms with van der Waals surface area (Å²) in [6, 6.07) is 4.32. The molecular formula is C17H23N5O2. The molecule has 0 aromatic carbocycles. The van der Waals surface area contributed by atoms with Gasteiger partial charge >= 0.3 is 0 Å². The van der Waals surface area contributed by atoms with Crippen molar-refractivity contribution >= 4 is 5.82 Å². The minimum absolute atomic E-state index is 0.0122. The van der Waals surface area contributed by atoms with E-state index in [-0.39, 0.29) is 6.04 Å². The average molecular weight is 329 g/mol. The summed E-state index contributed by atoms with van der Waals surface area (Å²) in [6.45, 7) is 7.04. The monoisotopic (exact) mass is 329 g/mol. The molecule has 0 aliphatic carbocycles. The van der Waals surface area contributed by atoms with E-state index in [0.717, 1.165) is 38.6 Å². The van der Waals surface area contributed by atoms with Crippen molar-refractivity contribution in [2.45, 2.75) is 32.4 Å². The van der Waals surface area contributed by atoms with Crippen LogP contribution in [-0.2, 0) is 11.3 Å². The van der Waals surface area contributed by atoms with Gasteiger partial charge in [-0.15, -0.1) is 0 Å². The summed E-state index contributed by atoms with van der Waals surface area (Å²) >= 11 is 0. The number of pyridine rings is 1. The minimum atomic E-state index is 0.0122. The highest BCUT2D eigenvalue weighted by molar-refractivity contribution is 5.40. The van der Waals surface area contributed by atoms with Crippen LogP contribution in [0, 0.1) is 6.92 Å². The summed E-state index contributed by atoms with van der Waals surface area (Å²) in [5, 5.41) is 3.90. The summed E-state index contributed by atoms with van der Waals surface area (Å²) < 4.78 is 11.0. The molecule has 2 aliphatic heterocycles. The Hall–Kier alpha value is -1.99. The SMILES string of the molecule is Cc1noc([C@@H]2COCCN2Cc2ccc(N3CCCC3)nc2)n1. The predicted octanol–water partition coefficient (Wildman–Crippen LogP) is 1.95. The van der Waals surface area contributed by atoms with Gasteiger partial charge in [-0.3, -0.25) is 4.90 Å². The maximum atomic E-state index is 5.61. The Labute approximate surface area is 141 Å². The van der Waals surface area contributed by atoms with E-state index in [1.54, 1.807) is 0 Å². The summed E-state index contributed by atoms with van der Waals surface area (Å²) in [5.74, 6) is 2.38. The Morgan fingerprint density at radius 1 is 1.21 bits per heavy atom. The van der Waals surface area contributed by atoms with Gasteiger partial charge < -0.3 is 14.2 Å². The molecule has 7 heteroatoms. The molecule has 0 N–H and O–H groups in total. The first-order valence-electron chi connectivity index (χ1n) is 8.61. The van der Waals surface area contributed by atoms with Crippen LogP contribution < -0.4 is 4.90 Å². The second-order valence-electron chi connectivity index (χ2n) is 6.46. The van der Waals surface area contributed by atoms with Crippen LogP contribution >= 0.6 is 0 Å². The van der Waals surface area contributed by atoms with E-state index in [1.165, 1.54) is 18.4 Å². The van der Waals surface area contributed by atoms with Crippen molar-refractivity contribution in [3.63, 3.8) is 0 Å². The van der Waals surface area contributed by atoms with Gasteiger partial charge in [0.15, 0.2) is 5.82 Å². The first-order chi connectivity index (χ1) is 11.8. The molecule has 0 bridgehead atoms. The summed E-state index contributed by atoms with van der Waals surface area (Å²) in [5.41, 5.74) is 1.20. The minimum Gasteiger partial charge on any atom is -0.378 e. The third kappa shape index (κ3) is 3.27. The number of aromatic nitrogens is 3. The van der Waals surface area contributed by atoms with Gasteiger partial charge in [0, 0.05) is 32.4 Å². The average Bonchev–Trinajstić information content (AvgIpc) is 3.28. The van der Waals surface area contributed by atoms with Crippen LogP contribution in [-0.4, -0.2) is 52.9 Å². The Morgan fingerprint density at radius 2 is 2.08 bits per heavy atom. The van der Waals surface area contributed by atoms with E-state index in [4.69, 9.17) is 9.26 Å². The molecule has 0 unspecified atom stereocenters. The van der Waals surface area contributed by atoms with Gasteiger partial charge in [-0.2, -0.15) is 4.98 Å². The maximum absolute atomic E-state index is 5.61. The van der Waals surface area contributed by atoms with Crippen molar-refractivity contribution in [1.82, 2.24) is 20.0 Å². The largest absolute Gasteiger partial charge is 0.378 e. The third-order valence-electron chi connectivity index (χ3n) is 4.69. The predicted molar refractivity (Wildman–Crippen MR) is 88.7 cm³/mol. The first-order valence-corrected chi connectivity index (χ1v) is 8.61. The molecule has 4 heterocycles. The molecule has 128 valence electrons. The lowest BCUT2D eigenvalue weighted by Gasteiger charge is -2.33. The van der Waals surface area contributed by atoms with Crippen LogP contribution in [0.1, 0.15) is 36.2 Å². The fraction of sp³-hybridized carbons (Fsp3) is 0.588. The number of rotatable bonds is 4. The van der Waals surface area contributed by atoms with Crippen LogP contribution in [0.25, 0.3) is 0 Å². The van der Waals surface area contributed by atoms with Crippen LogP contribution in [0.5, 0.6) is 0 Å². The van der Waals surface area contributed by atoms with Crippen LogP contribution in [0.2, 0.25) is 0 Å². The molecule has 0 amide bonds. The molecule has 24 heavy (non-hydrogen) atoms. The molecule has 2 saturated heterocycles. The number of anilines is 1. The molecule has 0 spiro atoms. The van der Waals surface area contributed by atoms with Gasteiger partial charge in [0.2, 0.25) is 5.89 Å². The molecule has 2 aromatic heterocycles. The normalized spacial score (nSPS) is 22.2.